The first kappa shape index (κ1) is 22.5. The zero-order valence-corrected chi connectivity index (χ0v) is 8.65. The largest absolute Gasteiger partial charge is 2.00 e. The van der Waals surface area contributed by atoms with E-state index in [-0.39, 0.29) is 74.7 Å². The third kappa shape index (κ3) is 89.3. The van der Waals surface area contributed by atoms with Gasteiger partial charge in [-0.15, -0.1) is 0 Å². The van der Waals surface area contributed by atoms with Crippen LogP contribution in [0.4, 0.5) is 0 Å². The Labute approximate surface area is 101 Å². The summed E-state index contributed by atoms with van der Waals surface area (Å²) in [5, 5.41) is 0. The van der Waals surface area contributed by atoms with Crippen LogP contribution >= 0.6 is 0 Å². The first-order valence-electron chi connectivity index (χ1n) is 0.698. The summed E-state index contributed by atoms with van der Waals surface area (Å²) in [5.74, 6) is 0. The monoisotopic (exact) mass is 258 g/mol. The molecule has 0 saturated heterocycles. The molecule has 0 aromatic carbocycles. The molecule has 0 heterocycles. The van der Waals surface area contributed by atoms with Crippen LogP contribution in [0.25, 0.3) is 0 Å². The van der Waals surface area contributed by atoms with Crippen molar-refractivity contribution in [1.29, 1.82) is 0 Å². The van der Waals surface area contributed by atoms with Crippen LogP contribution in [0.2, 0.25) is 0 Å². The standard InChI is InChI=1S/Ca.Cu.Mn.H2O4S.2H/c;;;1-5(2,3)4;;/h;;;(H2,1,2,3,4);;/q+2;;;;2*-1. The average molecular weight is 259 g/mol. The smallest absolute Gasteiger partial charge is 1.00 e. The van der Waals surface area contributed by atoms with Crippen molar-refractivity contribution in [1.82, 2.24) is 0 Å². The molecule has 0 aromatic heterocycles. The number of hydrogen-bond acceptors (Lipinski definition) is 2. The first-order chi connectivity index (χ1) is 2.00. The van der Waals surface area contributed by atoms with Gasteiger partial charge in [0, 0.05) is 34.1 Å². The van der Waals surface area contributed by atoms with Gasteiger partial charge in [-0.2, -0.15) is 8.42 Å². The molecule has 0 unspecified atom stereocenters. The molecular formula is H4CaCuMnO4S. The first-order valence-corrected chi connectivity index (χ1v) is 2.10. The maximum absolute atomic E-state index is 8.74. The van der Waals surface area contributed by atoms with Crippen molar-refractivity contribution in [3.8, 4) is 0 Å². The van der Waals surface area contributed by atoms with Crippen LogP contribution in [0.15, 0.2) is 0 Å². The predicted molar refractivity (Wildman–Crippen MR) is 22.2 cm³/mol. The van der Waals surface area contributed by atoms with Crippen LogP contribution in [-0.2, 0) is 44.5 Å². The third-order valence-corrected chi connectivity index (χ3v) is 0. The topological polar surface area (TPSA) is 74.6 Å². The molecular weight excluding hydrogens is 255 g/mol. The third-order valence-electron chi connectivity index (χ3n) is 0. The fourth-order valence-corrected chi connectivity index (χ4v) is 0. The van der Waals surface area contributed by atoms with Crippen molar-refractivity contribution in [2.75, 3.05) is 0 Å². The zero-order valence-electron chi connectivity index (χ0n) is 5.51. The summed E-state index contributed by atoms with van der Waals surface area (Å²) in [5.41, 5.74) is 0. The molecule has 8 heavy (non-hydrogen) atoms. The fourth-order valence-electron chi connectivity index (χ4n) is 0. The molecule has 0 atom stereocenters. The predicted octanol–water partition coefficient (Wildman–Crippen LogP) is -0.814. The average Bonchev–Trinajstić information content (AvgIpc) is 0.722. The van der Waals surface area contributed by atoms with Crippen molar-refractivity contribution in [2.24, 2.45) is 0 Å². The Morgan fingerprint density at radius 1 is 1.25 bits per heavy atom. The molecule has 0 rings (SSSR count). The second-order valence-electron chi connectivity index (χ2n) is 0.448. The SMILES string of the molecule is O=S(=O)(O)O.[Ca+2].[Cu].[H-].[H-].[Mn]. The molecule has 0 aliphatic rings. The Balaban J connectivity index is -0.00000000800. The Bertz CT molecular complexity index is 106. The summed E-state index contributed by atoms with van der Waals surface area (Å²) in [6.45, 7) is 0. The zero-order chi connectivity index (χ0) is 4.50. The molecule has 0 aliphatic carbocycles. The van der Waals surface area contributed by atoms with E-state index in [2.05, 4.69) is 0 Å². The quantitative estimate of drug-likeness (QED) is 0.440. The molecule has 4 nitrogen and oxygen atoms in total. The van der Waals surface area contributed by atoms with Crippen LogP contribution in [0, 0.1) is 0 Å². The molecule has 54 valence electrons. The van der Waals surface area contributed by atoms with E-state index in [0.29, 0.717) is 0 Å². The van der Waals surface area contributed by atoms with Crippen LogP contribution in [0.1, 0.15) is 2.85 Å². The summed E-state index contributed by atoms with van der Waals surface area (Å²) in [4.78, 5) is 0. The molecule has 0 spiro atoms. The van der Waals surface area contributed by atoms with E-state index in [9.17, 15) is 0 Å². The minimum absolute atomic E-state index is 0. The van der Waals surface area contributed by atoms with Gasteiger partial charge in [-0.05, 0) is 0 Å². The maximum Gasteiger partial charge on any atom is 2.00 e. The Kier molecular flexibility index (Phi) is 25.7. The molecule has 0 saturated carbocycles. The van der Waals surface area contributed by atoms with Gasteiger partial charge in [0.1, 0.15) is 0 Å². The van der Waals surface area contributed by atoms with E-state index >= 15 is 0 Å². The maximum atomic E-state index is 8.74. The van der Waals surface area contributed by atoms with Gasteiger partial charge in [0.25, 0.3) is 0 Å². The van der Waals surface area contributed by atoms with E-state index in [1.54, 1.807) is 0 Å². The van der Waals surface area contributed by atoms with E-state index < -0.39 is 10.4 Å². The van der Waals surface area contributed by atoms with Gasteiger partial charge in [0.2, 0.25) is 0 Å². The summed E-state index contributed by atoms with van der Waals surface area (Å²) in [6.07, 6.45) is 0. The van der Waals surface area contributed by atoms with Crippen molar-refractivity contribution in [3.05, 3.63) is 0 Å². The van der Waals surface area contributed by atoms with E-state index in [1.807, 2.05) is 0 Å². The van der Waals surface area contributed by atoms with Gasteiger partial charge < -0.3 is 2.85 Å². The number of hydrogen-bond donors (Lipinski definition) is 2. The summed E-state index contributed by atoms with van der Waals surface area (Å²) in [7, 11) is -4.67. The normalized spacial score (nSPS) is 7.25. The van der Waals surface area contributed by atoms with Crippen molar-refractivity contribution in [3.63, 3.8) is 0 Å². The minimum Gasteiger partial charge on any atom is -1.00 e. The molecule has 0 aromatic rings. The number of rotatable bonds is 0. The van der Waals surface area contributed by atoms with Gasteiger partial charge in [-0.1, -0.05) is 0 Å². The second kappa shape index (κ2) is 9.17. The Hall–Kier alpha value is 2.17. The molecule has 2 N–H and O–H groups in total. The van der Waals surface area contributed by atoms with Crippen LogP contribution < -0.4 is 0 Å². The molecule has 0 aliphatic heterocycles. The molecule has 0 amide bonds. The van der Waals surface area contributed by atoms with Gasteiger partial charge in [0.15, 0.2) is 0 Å². The minimum atomic E-state index is -4.67. The van der Waals surface area contributed by atoms with Crippen molar-refractivity contribution >= 4 is 48.1 Å². The summed E-state index contributed by atoms with van der Waals surface area (Å²) < 4.78 is 31.6. The van der Waals surface area contributed by atoms with E-state index in [4.69, 9.17) is 17.5 Å². The Morgan fingerprint density at radius 3 is 1.25 bits per heavy atom. The van der Waals surface area contributed by atoms with Crippen LogP contribution in [0.5, 0.6) is 0 Å². The molecule has 0 bridgehead atoms. The van der Waals surface area contributed by atoms with Crippen molar-refractivity contribution < 1.29 is 54.5 Å². The Morgan fingerprint density at radius 2 is 1.25 bits per heavy atom. The second-order valence-corrected chi connectivity index (χ2v) is 1.34. The van der Waals surface area contributed by atoms with Gasteiger partial charge >= 0.3 is 48.1 Å². The summed E-state index contributed by atoms with van der Waals surface area (Å²) >= 11 is 0. The van der Waals surface area contributed by atoms with Crippen LogP contribution in [-0.4, -0.2) is 55.3 Å². The molecule has 2 radical (unpaired) electrons. The van der Waals surface area contributed by atoms with Gasteiger partial charge in [-0.3, -0.25) is 9.11 Å². The van der Waals surface area contributed by atoms with Gasteiger partial charge in [-0.25, -0.2) is 0 Å². The van der Waals surface area contributed by atoms with Crippen LogP contribution in [0.3, 0.4) is 0 Å². The van der Waals surface area contributed by atoms with E-state index in [0.717, 1.165) is 0 Å². The van der Waals surface area contributed by atoms with Crippen molar-refractivity contribution in [2.45, 2.75) is 0 Å². The molecule has 8 heteroatoms. The molecule has 0 fully saturated rings. The summed E-state index contributed by atoms with van der Waals surface area (Å²) in [6, 6.07) is 0. The fraction of sp³-hybridized carbons (Fsp3) is 0. The van der Waals surface area contributed by atoms with E-state index in [1.165, 1.54) is 0 Å². The van der Waals surface area contributed by atoms with Gasteiger partial charge in [0.05, 0.1) is 0 Å².